The molecule has 1 aliphatic rings. The van der Waals surface area contributed by atoms with Gasteiger partial charge >= 0.3 is 12.1 Å². The smallest absolute Gasteiger partial charge is 0.433 e. The fraction of sp³-hybridized carbons (Fsp3) is 0.333. The number of anilines is 1. The van der Waals surface area contributed by atoms with Crippen LogP contribution in [0, 0.1) is 0 Å². The number of aromatic nitrogens is 3. The minimum Gasteiger partial charge on any atom is -0.478 e. The van der Waals surface area contributed by atoms with Gasteiger partial charge in [-0.25, -0.2) is 9.78 Å². The number of nitrogens with one attached hydrogen (secondary N) is 1. The van der Waals surface area contributed by atoms with Crippen LogP contribution in [0.3, 0.4) is 0 Å². The number of carboxylic acids is 1. The first-order valence-electron chi connectivity index (χ1n) is 9.84. The molecule has 0 bridgehead atoms. The van der Waals surface area contributed by atoms with Crippen molar-refractivity contribution in [3.63, 3.8) is 0 Å². The topological polar surface area (TPSA) is 97.1 Å². The lowest BCUT2D eigenvalue weighted by Crippen LogP contribution is -2.18. The minimum absolute atomic E-state index is 0.0348. The van der Waals surface area contributed by atoms with Gasteiger partial charge in [0.05, 0.1) is 22.8 Å². The number of hydrogen-bond acceptors (Lipinski definition) is 4. The fourth-order valence-corrected chi connectivity index (χ4v) is 3.81. The Morgan fingerprint density at radius 2 is 1.87 bits per heavy atom. The first-order chi connectivity index (χ1) is 14.7. The number of halogens is 3. The Balaban J connectivity index is 1.66. The van der Waals surface area contributed by atoms with Crippen LogP contribution in [0.25, 0.3) is 10.9 Å². The van der Waals surface area contributed by atoms with Crippen LogP contribution >= 0.6 is 0 Å². The fourth-order valence-electron chi connectivity index (χ4n) is 3.81. The molecule has 1 amide bonds. The van der Waals surface area contributed by atoms with Gasteiger partial charge in [-0.2, -0.15) is 18.3 Å². The van der Waals surface area contributed by atoms with E-state index in [1.165, 1.54) is 18.6 Å². The highest BCUT2D eigenvalue weighted by molar-refractivity contribution is 6.08. The Morgan fingerprint density at radius 1 is 1.13 bits per heavy atom. The number of fused-ring (bicyclic) bond motifs is 1. The van der Waals surface area contributed by atoms with Crippen LogP contribution in [0.5, 0.6) is 0 Å². The van der Waals surface area contributed by atoms with Gasteiger partial charge in [0.1, 0.15) is 11.4 Å². The molecule has 0 unspecified atom stereocenters. The van der Waals surface area contributed by atoms with Crippen LogP contribution in [-0.2, 0) is 6.18 Å². The van der Waals surface area contributed by atoms with E-state index in [9.17, 15) is 27.9 Å². The SMILES string of the molecule is O=C(Nc1cc2cn(C3CCCCC3)nc2cc1C(=O)O)c1cccc(C(F)(F)F)n1. The second kappa shape index (κ2) is 8.01. The van der Waals surface area contributed by atoms with E-state index in [0.29, 0.717) is 10.9 Å². The molecule has 0 atom stereocenters. The van der Waals surface area contributed by atoms with Crippen molar-refractivity contribution in [1.82, 2.24) is 14.8 Å². The van der Waals surface area contributed by atoms with E-state index in [-0.39, 0.29) is 17.3 Å². The summed E-state index contributed by atoms with van der Waals surface area (Å²) in [5.74, 6) is -2.23. The quantitative estimate of drug-likeness (QED) is 0.611. The first-order valence-corrected chi connectivity index (χ1v) is 9.84. The van der Waals surface area contributed by atoms with Crippen LogP contribution in [-0.4, -0.2) is 31.7 Å². The van der Waals surface area contributed by atoms with Gasteiger partial charge in [-0.3, -0.25) is 9.48 Å². The van der Waals surface area contributed by atoms with E-state index in [4.69, 9.17) is 0 Å². The molecule has 0 spiro atoms. The Bertz CT molecular complexity index is 1150. The number of carboxylic acid groups (broad SMARTS) is 1. The van der Waals surface area contributed by atoms with Crippen molar-refractivity contribution in [3.8, 4) is 0 Å². The molecule has 2 heterocycles. The number of rotatable bonds is 4. The molecule has 31 heavy (non-hydrogen) atoms. The van der Waals surface area contributed by atoms with Gasteiger partial charge in [0.25, 0.3) is 5.91 Å². The largest absolute Gasteiger partial charge is 0.478 e. The molecule has 162 valence electrons. The maximum Gasteiger partial charge on any atom is 0.433 e. The van der Waals surface area contributed by atoms with Crippen molar-refractivity contribution in [3.05, 3.63) is 53.5 Å². The number of nitrogens with zero attached hydrogens (tertiary/aromatic N) is 3. The van der Waals surface area contributed by atoms with E-state index < -0.39 is 29.4 Å². The zero-order valence-corrected chi connectivity index (χ0v) is 16.3. The van der Waals surface area contributed by atoms with Crippen molar-refractivity contribution < 1.29 is 27.9 Å². The summed E-state index contributed by atoms with van der Waals surface area (Å²) in [5.41, 5.74) is -1.45. The van der Waals surface area contributed by atoms with Crippen molar-refractivity contribution >= 4 is 28.5 Å². The third-order valence-electron chi connectivity index (χ3n) is 5.36. The molecule has 2 aromatic heterocycles. The van der Waals surface area contributed by atoms with Crippen LogP contribution < -0.4 is 5.32 Å². The van der Waals surface area contributed by atoms with Gasteiger partial charge in [0.15, 0.2) is 0 Å². The number of carbonyl (C=O) groups excluding carboxylic acids is 1. The molecule has 1 aromatic carbocycles. The monoisotopic (exact) mass is 432 g/mol. The van der Waals surface area contributed by atoms with Crippen molar-refractivity contribution in [2.75, 3.05) is 5.32 Å². The summed E-state index contributed by atoms with van der Waals surface area (Å²) in [6, 6.07) is 6.01. The van der Waals surface area contributed by atoms with Gasteiger partial charge in [0, 0.05) is 11.6 Å². The molecule has 3 aromatic rings. The van der Waals surface area contributed by atoms with Crippen molar-refractivity contribution in [2.24, 2.45) is 0 Å². The Labute approximate surface area is 174 Å². The molecule has 7 nitrogen and oxygen atoms in total. The predicted octanol–water partition coefficient (Wildman–Crippen LogP) is 4.91. The Morgan fingerprint density at radius 3 is 2.55 bits per heavy atom. The molecular weight excluding hydrogens is 413 g/mol. The summed E-state index contributed by atoms with van der Waals surface area (Å²) in [5, 5.41) is 17.1. The van der Waals surface area contributed by atoms with Crippen LogP contribution in [0.4, 0.5) is 18.9 Å². The second-order valence-corrected chi connectivity index (χ2v) is 7.52. The number of aromatic carboxylic acids is 1. The molecule has 1 fully saturated rings. The normalized spacial score (nSPS) is 15.2. The maximum atomic E-state index is 12.9. The van der Waals surface area contributed by atoms with Gasteiger partial charge in [-0.05, 0) is 37.1 Å². The van der Waals surface area contributed by atoms with Gasteiger partial charge in [0.2, 0.25) is 0 Å². The van der Waals surface area contributed by atoms with Gasteiger partial charge in [-0.15, -0.1) is 0 Å². The number of pyridine rings is 1. The highest BCUT2D eigenvalue weighted by Crippen LogP contribution is 2.31. The zero-order chi connectivity index (χ0) is 22.2. The summed E-state index contributed by atoms with van der Waals surface area (Å²) in [6.45, 7) is 0. The third kappa shape index (κ3) is 4.37. The summed E-state index contributed by atoms with van der Waals surface area (Å²) in [4.78, 5) is 27.6. The summed E-state index contributed by atoms with van der Waals surface area (Å²) >= 11 is 0. The maximum absolute atomic E-state index is 12.9. The molecule has 1 aliphatic carbocycles. The van der Waals surface area contributed by atoms with Gasteiger partial charge in [-0.1, -0.05) is 25.3 Å². The number of benzene rings is 1. The standard InChI is InChI=1S/C21H19F3N4O3/c22-21(23,24)18-8-4-7-15(25-18)19(29)26-17-9-12-11-28(13-5-2-1-3-6-13)27-16(12)10-14(17)20(30)31/h4,7-11,13H,1-3,5-6H2,(H,26,29)(H,30,31). The average Bonchev–Trinajstić information content (AvgIpc) is 3.16. The lowest BCUT2D eigenvalue weighted by molar-refractivity contribution is -0.141. The summed E-state index contributed by atoms with van der Waals surface area (Å²) in [6.07, 6.45) is 2.47. The highest BCUT2D eigenvalue weighted by atomic mass is 19.4. The molecule has 1 saturated carbocycles. The van der Waals surface area contributed by atoms with Crippen molar-refractivity contribution in [1.29, 1.82) is 0 Å². The molecule has 0 saturated heterocycles. The lowest BCUT2D eigenvalue weighted by atomic mass is 9.96. The highest BCUT2D eigenvalue weighted by Gasteiger charge is 2.33. The minimum atomic E-state index is -4.70. The zero-order valence-electron chi connectivity index (χ0n) is 16.3. The number of alkyl halides is 3. The van der Waals surface area contributed by atoms with E-state index in [0.717, 1.165) is 43.9 Å². The van der Waals surface area contributed by atoms with Crippen molar-refractivity contribution in [2.45, 2.75) is 44.3 Å². The summed E-state index contributed by atoms with van der Waals surface area (Å²) in [7, 11) is 0. The number of carbonyl (C=O) groups is 2. The van der Waals surface area contributed by atoms with Crippen LogP contribution in [0.2, 0.25) is 0 Å². The third-order valence-corrected chi connectivity index (χ3v) is 5.36. The summed E-state index contributed by atoms with van der Waals surface area (Å²) < 4.78 is 40.5. The lowest BCUT2D eigenvalue weighted by Gasteiger charge is -2.21. The Hall–Kier alpha value is -3.43. The van der Waals surface area contributed by atoms with E-state index >= 15 is 0 Å². The van der Waals surface area contributed by atoms with E-state index in [1.54, 1.807) is 6.20 Å². The molecular formula is C21H19F3N4O3. The van der Waals surface area contributed by atoms with Crippen LogP contribution in [0.1, 0.15) is 64.7 Å². The molecule has 4 rings (SSSR count). The number of hydrogen-bond donors (Lipinski definition) is 2. The van der Waals surface area contributed by atoms with Gasteiger partial charge < -0.3 is 10.4 Å². The number of amides is 1. The Kier molecular flexibility index (Phi) is 5.38. The molecule has 0 aliphatic heterocycles. The van der Waals surface area contributed by atoms with E-state index in [2.05, 4.69) is 15.4 Å². The average molecular weight is 432 g/mol. The molecule has 0 radical (unpaired) electrons. The molecule has 10 heteroatoms. The van der Waals surface area contributed by atoms with E-state index in [1.807, 2.05) is 4.68 Å². The molecule has 2 N–H and O–H groups in total. The second-order valence-electron chi connectivity index (χ2n) is 7.52. The first kappa shape index (κ1) is 20.8. The van der Waals surface area contributed by atoms with Crippen LogP contribution in [0.15, 0.2) is 36.5 Å². The predicted molar refractivity (Wildman–Crippen MR) is 106 cm³/mol.